The minimum absolute atomic E-state index is 0.0458. The maximum atomic E-state index is 10.3. The monoisotopic (exact) mass is 560 g/mol. The molecule has 0 aliphatic carbocycles. The highest BCUT2D eigenvalue weighted by atomic mass is 16.5. The van der Waals surface area contributed by atoms with Crippen LogP contribution in [-0.4, -0.2) is 99.2 Å². The number of aromatic nitrogens is 6. The SMILES string of the molecule is O[C@@H]1[C@H](O)[C@@H](O)CO[C@@H]1Cn1cc(CN(CCN(Cc2ccccn2)Cc2ccccn2)Cc2ccccn2)nn1. The quantitative estimate of drug-likeness (QED) is 0.212. The van der Waals surface area contributed by atoms with Crippen LogP contribution in [0.15, 0.2) is 79.4 Å². The molecular weight excluding hydrogens is 524 g/mol. The van der Waals surface area contributed by atoms with Gasteiger partial charge in [-0.3, -0.25) is 24.8 Å². The molecule has 0 radical (unpaired) electrons. The molecule has 1 fully saturated rings. The van der Waals surface area contributed by atoms with Gasteiger partial charge in [0.05, 0.1) is 35.9 Å². The van der Waals surface area contributed by atoms with Crippen LogP contribution in [0.25, 0.3) is 0 Å². The zero-order valence-corrected chi connectivity index (χ0v) is 22.8. The van der Waals surface area contributed by atoms with E-state index in [9.17, 15) is 15.3 Å². The molecule has 1 aliphatic heterocycles. The number of aliphatic hydroxyl groups excluding tert-OH is 3. The van der Waals surface area contributed by atoms with Gasteiger partial charge in [0.25, 0.3) is 0 Å². The number of hydrogen-bond acceptors (Lipinski definition) is 11. The number of aliphatic hydroxyl groups is 3. The predicted octanol–water partition coefficient (Wildman–Crippen LogP) is 0.649. The van der Waals surface area contributed by atoms with Crippen LogP contribution in [0.4, 0.5) is 0 Å². The first-order chi connectivity index (χ1) is 20.0. The van der Waals surface area contributed by atoms with Crippen molar-refractivity contribution < 1.29 is 20.1 Å². The number of nitrogens with zero attached hydrogens (tertiary/aromatic N) is 8. The van der Waals surface area contributed by atoms with Gasteiger partial charge >= 0.3 is 0 Å². The topological polar surface area (TPSA) is 146 Å². The average Bonchev–Trinajstić information content (AvgIpc) is 3.44. The van der Waals surface area contributed by atoms with E-state index in [2.05, 4.69) is 35.1 Å². The Morgan fingerprint density at radius 3 is 1.71 bits per heavy atom. The molecule has 4 aromatic heterocycles. The van der Waals surface area contributed by atoms with Gasteiger partial charge < -0.3 is 20.1 Å². The van der Waals surface area contributed by atoms with Crippen LogP contribution in [0.5, 0.6) is 0 Å². The van der Waals surface area contributed by atoms with Crippen molar-refractivity contribution in [3.8, 4) is 0 Å². The second kappa shape index (κ2) is 14.3. The number of hydrogen-bond donors (Lipinski definition) is 3. The molecule has 4 atom stereocenters. The van der Waals surface area contributed by atoms with Gasteiger partial charge in [0.1, 0.15) is 24.4 Å². The van der Waals surface area contributed by atoms with Gasteiger partial charge in [0, 0.05) is 64.1 Å². The van der Waals surface area contributed by atoms with Gasteiger partial charge in [-0.2, -0.15) is 0 Å². The Balaban J connectivity index is 1.26. The van der Waals surface area contributed by atoms with Crippen LogP contribution in [-0.2, 0) is 37.5 Å². The first-order valence-corrected chi connectivity index (χ1v) is 13.7. The summed E-state index contributed by atoms with van der Waals surface area (Å²) >= 11 is 0. The van der Waals surface area contributed by atoms with Gasteiger partial charge in [-0.05, 0) is 36.4 Å². The molecule has 12 nitrogen and oxygen atoms in total. The summed E-state index contributed by atoms with van der Waals surface area (Å²) in [5.74, 6) is 0. The molecule has 0 aromatic carbocycles. The molecule has 0 spiro atoms. The van der Waals surface area contributed by atoms with Crippen molar-refractivity contribution in [2.24, 2.45) is 0 Å². The second-order valence-electron chi connectivity index (χ2n) is 10.2. The Bertz CT molecular complexity index is 1270. The van der Waals surface area contributed by atoms with Crippen molar-refractivity contribution in [1.82, 2.24) is 39.7 Å². The summed E-state index contributed by atoms with van der Waals surface area (Å²) in [6.07, 6.45) is 2.96. The fraction of sp³-hybridized carbons (Fsp3) is 0.414. The summed E-state index contributed by atoms with van der Waals surface area (Å²) < 4.78 is 7.12. The van der Waals surface area contributed by atoms with E-state index in [1.54, 1.807) is 10.9 Å². The van der Waals surface area contributed by atoms with E-state index < -0.39 is 24.4 Å². The Morgan fingerprint density at radius 2 is 1.22 bits per heavy atom. The van der Waals surface area contributed by atoms with E-state index >= 15 is 0 Å². The van der Waals surface area contributed by atoms with Crippen LogP contribution in [0.3, 0.4) is 0 Å². The molecule has 216 valence electrons. The van der Waals surface area contributed by atoms with Crippen molar-refractivity contribution in [3.63, 3.8) is 0 Å². The predicted molar refractivity (Wildman–Crippen MR) is 149 cm³/mol. The third kappa shape index (κ3) is 8.43. The number of rotatable bonds is 13. The van der Waals surface area contributed by atoms with Crippen molar-refractivity contribution in [2.75, 3.05) is 19.7 Å². The second-order valence-corrected chi connectivity index (χ2v) is 10.2. The highest BCUT2D eigenvalue weighted by Crippen LogP contribution is 2.17. The molecular formula is C29H36N8O4. The Labute approximate surface area is 238 Å². The Morgan fingerprint density at radius 1 is 0.707 bits per heavy atom. The van der Waals surface area contributed by atoms with Gasteiger partial charge in [0.15, 0.2) is 0 Å². The normalized spacial score (nSPS) is 21.0. The highest BCUT2D eigenvalue weighted by Gasteiger charge is 2.37. The van der Waals surface area contributed by atoms with Gasteiger partial charge in [-0.1, -0.05) is 23.4 Å². The molecule has 3 N–H and O–H groups in total. The van der Waals surface area contributed by atoms with Crippen molar-refractivity contribution in [1.29, 1.82) is 0 Å². The van der Waals surface area contributed by atoms with Crippen LogP contribution >= 0.6 is 0 Å². The van der Waals surface area contributed by atoms with Gasteiger partial charge in [-0.15, -0.1) is 5.10 Å². The lowest BCUT2D eigenvalue weighted by Crippen LogP contribution is -2.54. The molecule has 4 aromatic rings. The zero-order chi connectivity index (χ0) is 28.4. The number of ether oxygens (including phenoxy) is 1. The summed E-state index contributed by atoms with van der Waals surface area (Å²) in [5, 5.41) is 38.6. The van der Waals surface area contributed by atoms with Crippen molar-refractivity contribution in [2.45, 2.75) is 57.1 Å². The molecule has 0 unspecified atom stereocenters. The average molecular weight is 561 g/mol. The van der Waals surface area contributed by atoms with E-state index in [-0.39, 0.29) is 13.2 Å². The molecule has 5 rings (SSSR count). The minimum atomic E-state index is -1.26. The fourth-order valence-corrected chi connectivity index (χ4v) is 4.81. The zero-order valence-electron chi connectivity index (χ0n) is 22.8. The van der Waals surface area contributed by atoms with Crippen LogP contribution in [0, 0.1) is 0 Å². The van der Waals surface area contributed by atoms with E-state index in [4.69, 9.17) is 4.74 Å². The van der Waals surface area contributed by atoms with E-state index in [1.807, 2.05) is 73.2 Å². The molecule has 0 saturated carbocycles. The van der Waals surface area contributed by atoms with Crippen LogP contribution < -0.4 is 0 Å². The van der Waals surface area contributed by atoms with E-state index in [1.165, 1.54) is 0 Å². The van der Waals surface area contributed by atoms with Gasteiger partial charge in [-0.25, -0.2) is 4.68 Å². The molecule has 41 heavy (non-hydrogen) atoms. The van der Waals surface area contributed by atoms with Crippen LogP contribution in [0.2, 0.25) is 0 Å². The summed E-state index contributed by atoms with van der Waals surface area (Å²) in [4.78, 5) is 18.2. The summed E-state index contributed by atoms with van der Waals surface area (Å²) in [6, 6.07) is 17.8. The lowest BCUT2D eigenvalue weighted by Gasteiger charge is -2.35. The first kappa shape index (κ1) is 28.9. The molecule has 1 aliphatic rings. The molecule has 1 saturated heterocycles. The third-order valence-corrected chi connectivity index (χ3v) is 7.01. The first-order valence-electron chi connectivity index (χ1n) is 13.7. The summed E-state index contributed by atoms with van der Waals surface area (Å²) in [7, 11) is 0. The van der Waals surface area contributed by atoms with Crippen molar-refractivity contribution >= 4 is 0 Å². The maximum absolute atomic E-state index is 10.3. The highest BCUT2D eigenvalue weighted by molar-refractivity contribution is 5.07. The number of pyridine rings is 3. The summed E-state index contributed by atoms with van der Waals surface area (Å²) in [5.41, 5.74) is 3.69. The maximum Gasteiger partial charge on any atom is 0.111 e. The molecule has 12 heteroatoms. The minimum Gasteiger partial charge on any atom is -0.388 e. The van der Waals surface area contributed by atoms with Crippen molar-refractivity contribution in [3.05, 3.63) is 102 Å². The molecule has 0 bridgehead atoms. The van der Waals surface area contributed by atoms with E-state index in [0.29, 0.717) is 26.2 Å². The molecule has 0 amide bonds. The lowest BCUT2D eigenvalue weighted by atomic mass is 10.0. The fourth-order valence-electron chi connectivity index (χ4n) is 4.81. The largest absolute Gasteiger partial charge is 0.388 e. The summed E-state index contributed by atoms with van der Waals surface area (Å²) in [6.45, 7) is 4.20. The Hall–Kier alpha value is -3.65. The van der Waals surface area contributed by atoms with Crippen LogP contribution in [0.1, 0.15) is 22.8 Å². The third-order valence-electron chi connectivity index (χ3n) is 7.01. The van der Waals surface area contributed by atoms with E-state index in [0.717, 1.165) is 35.9 Å². The smallest absolute Gasteiger partial charge is 0.111 e. The Kier molecular flexibility index (Phi) is 10.1. The molecule has 5 heterocycles. The van der Waals surface area contributed by atoms with Gasteiger partial charge in [0.2, 0.25) is 0 Å². The standard InChI is InChI=1S/C29H36N8O4/c38-26-21-41-27(29(40)28(26)39)20-37-19-25(33-34-37)18-36(17-24-9-3-6-12-32-24)14-13-35(15-22-7-1-4-10-30-22)16-23-8-2-5-11-31-23/h1-12,19,26-29,38-40H,13-18,20-21H2/t26-,27+,28+,29-/m0/s1. The lowest BCUT2D eigenvalue weighted by molar-refractivity contribution is -0.190.